The maximum atomic E-state index is 13.1. The van der Waals surface area contributed by atoms with E-state index in [2.05, 4.69) is 0 Å². The minimum absolute atomic E-state index is 0.0264. The second-order valence-corrected chi connectivity index (χ2v) is 5.75. The average molecular weight is 308 g/mol. The zero-order valence-electron chi connectivity index (χ0n) is 13.4. The average Bonchev–Trinajstić information content (AvgIpc) is 2.58. The number of benzene rings is 2. The lowest BCUT2D eigenvalue weighted by Gasteiger charge is -2.40. The minimum Gasteiger partial charge on any atom is -0.325 e. The highest BCUT2D eigenvalue weighted by molar-refractivity contribution is 6.06. The van der Waals surface area contributed by atoms with E-state index < -0.39 is 6.04 Å². The van der Waals surface area contributed by atoms with Crippen LogP contribution in [0.25, 0.3) is 0 Å². The molecule has 0 bridgehead atoms. The Balaban J connectivity index is 2.00. The molecule has 2 amide bonds. The Morgan fingerprint density at radius 1 is 1.00 bits per heavy atom. The van der Waals surface area contributed by atoms with Gasteiger partial charge in [0.05, 0.1) is 0 Å². The number of hydrogen-bond acceptors (Lipinski definition) is 2. The molecule has 1 aliphatic heterocycles. The summed E-state index contributed by atoms with van der Waals surface area (Å²) in [6.07, 6.45) is 0. The maximum absolute atomic E-state index is 13.1. The molecule has 0 aromatic heterocycles. The third kappa shape index (κ3) is 2.84. The highest BCUT2D eigenvalue weighted by Crippen LogP contribution is 2.30. The van der Waals surface area contributed by atoms with E-state index in [1.165, 1.54) is 0 Å². The van der Waals surface area contributed by atoms with Gasteiger partial charge in [-0.2, -0.15) is 0 Å². The summed E-state index contributed by atoms with van der Waals surface area (Å²) in [6, 6.07) is 16.6. The topological polar surface area (TPSA) is 40.6 Å². The van der Waals surface area contributed by atoms with E-state index in [1.807, 2.05) is 68.4 Å². The summed E-state index contributed by atoms with van der Waals surface area (Å²) in [5.41, 5.74) is 2.74. The van der Waals surface area contributed by atoms with Crippen LogP contribution in [-0.2, 0) is 9.59 Å². The summed E-state index contributed by atoms with van der Waals surface area (Å²) in [6.45, 7) is 4.52. The third-order valence-electron chi connectivity index (χ3n) is 4.23. The SMILES string of the molecule is CCN1C(=O)CN(c2ccc(C)cc2)C(=O)C1c1ccccc1. The molecular weight excluding hydrogens is 288 g/mol. The molecule has 2 aromatic rings. The fourth-order valence-corrected chi connectivity index (χ4v) is 2.99. The lowest BCUT2D eigenvalue weighted by Crippen LogP contribution is -2.55. The van der Waals surface area contributed by atoms with Crippen LogP contribution in [0.4, 0.5) is 5.69 Å². The first-order valence-electron chi connectivity index (χ1n) is 7.84. The van der Waals surface area contributed by atoms with Gasteiger partial charge in [0, 0.05) is 12.2 Å². The van der Waals surface area contributed by atoms with E-state index in [1.54, 1.807) is 9.80 Å². The molecule has 3 rings (SSSR count). The normalized spacial score (nSPS) is 18.4. The van der Waals surface area contributed by atoms with Crippen LogP contribution in [0.5, 0.6) is 0 Å². The molecule has 1 saturated heterocycles. The van der Waals surface area contributed by atoms with Crippen LogP contribution < -0.4 is 4.90 Å². The van der Waals surface area contributed by atoms with E-state index in [0.717, 1.165) is 16.8 Å². The van der Waals surface area contributed by atoms with Crippen molar-refractivity contribution in [1.82, 2.24) is 4.90 Å². The Hall–Kier alpha value is -2.62. The van der Waals surface area contributed by atoms with E-state index >= 15 is 0 Å². The number of likely N-dealkylation sites (N-methyl/N-ethyl adjacent to an activating group) is 1. The molecule has 0 aliphatic carbocycles. The number of amides is 2. The molecule has 0 spiro atoms. The van der Waals surface area contributed by atoms with Crippen LogP contribution in [0.2, 0.25) is 0 Å². The molecule has 1 fully saturated rings. The van der Waals surface area contributed by atoms with Gasteiger partial charge in [-0.1, -0.05) is 48.0 Å². The fraction of sp³-hybridized carbons (Fsp3) is 0.263. The van der Waals surface area contributed by atoms with Crippen molar-refractivity contribution in [2.45, 2.75) is 19.9 Å². The van der Waals surface area contributed by atoms with Gasteiger partial charge in [0.15, 0.2) is 0 Å². The van der Waals surface area contributed by atoms with Crippen LogP contribution in [-0.4, -0.2) is 29.8 Å². The molecule has 1 heterocycles. The molecular formula is C19H20N2O2. The summed E-state index contributed by atoms with van der Waals surface area (Å²) in [7, 11) is 0. The molecule has 0 N–H and O–H groups in total. The zero-order valence-corrected chi connectivity index (χ0v) is 13.4. The van der Waals surface area contributed by atoms with Crippen molar-refractivity contribution in [2.24, 2.45) is 0 Å². The van der Waals surface area contributed by atoms with Crippen LogP contribution in [0.1, 0.15) is 24.1 Å². The van der Waals surface area contributed by atoms with Gasteiger partial charge in [0.2, 0.25) is 5.91 Å². The highest BCUT2D eigenvalue weighted by Gasteiger charge is 2.39. The first-order chi connectivity index (χ1) is 11.1. The Morgan fingerprint density at radius 2 is 1.65 bits per heavy atom. The number of piperazine rings is 1. The van der Waals surface area contributed by atoms with Gasteiger partial charge in [0.1, 0.15) is 12.6 Å². The van der Waals surface area contributed by atoms with Gasteiger partial charge < -0.3 is 9.80 Å². The van der Waals surface area contributed by atoms with Crippen molar-refractivity contribution in [3.05, 3.63) is 65.7 Å². The van der Waals surface area contributed by atoms with Gasteiger partial charge in [-0.25, -0.2) is 0 Å². The van der Waals surface area contributed by atoms with Gasteiger partial charge in [-0.3, -0.25) is 9.59 Å². The predicted molar refractivity (Wildman–Crippen MR) is 90.1 cm³/mol. The van der Waals surface area contributed by atoms with Crippen LogP contribution in [0, 0.1) is 6.92 Å². The largest absolute Gasteiger partial charge is 0.325 e. The van der Waals surface area contributed by atoms with E-state index in [0.29, 0.717) is 6.54 Å². The van der Waals surface area contributed by atoms with Gasteiger partial charge in [-0.05, 0) is 31.5 Å². The minimum atomic E-state index is -0.552. The summed E-state index contributed by atoms with van der Waals surface area (Å²) in [5.74, 6) is -0.0805. The maximum Gasteiger partial charge on any atom is 0.254 e. The lowest BCUT2D eigenvalue weighted by atomic mass is 10.0. The second kappa shape index (κ2) is 6.24. The molecule has 0 radical (unpaired) electrons. The number of carbonyl (C=O) groups is 2. The van der Waals surface area contributed by atoms with E-state index in [4.69, 9.17) is 0 Å². The fourth-order valence-electron chi connectivity index (χ4n) is 2.99. The molecule has 118 valence electrons. The molecule has 2 aromatic carbocycles. The molecule has 1 unspecified atom stereocenters. The van der Waals surface area contributed by atoms with Crippen LogP contribution in [0.15, 0.2) is 54.6 Å². The standard InChI is InChI=1S/C19H20N2O2/c1-3-20-17(22)13-21(16-11-9-14(2)10-12-16)19(23)18(20)15-7-5-4-6-8-15/h4-12,18H,3,13H2,1-2H3. The van der Waals surface area contributed by atoms with Crippen molar-refractivity contribution < 1.29 is 9.59 Å². The predicted octanol–water partition coefficient (Wildman–Crippen LogP) is 2.93. The van der Waals surface area contributed by atoms with Gasteiger partial charge in [-0.15, -0.1) is 0 Å². The molecule has 0 saturated carbocycles. The Morgan fingerprint density at radius 3 is 2.26 bits per heavy atom. The first-order valence-corrected chi connectivity index (χ1v) is 7.84. The van der Waals surface area contributed by atoms with Crippen molar-refractivity contribution >= 4 is 17.5 Å². The molecule has 1 atom stereocenters. The molecule has 4 nitrogen and oxygen atoms in total. The zero-order chi connectivity index (χ0) is 16.4. The molecule has 1 aliphatic rings. The molecule has 23 heavy (non-hydrogen) atoms. The first kappa shape index (κ1) is 15.3. The summed E-state index contributed by atoms with van der Waals surface area (Å²) < 4.78 is 0. The Kier molecular flexibility index (Phi) is 4.15. The van der Waals surface area contributed by atoms with Gasteiger partial charge >= 0.3 is 0 Å². The van der Waals surface area contributed by atoms with Crippen molar-refractivity contribution in [3.63, 3.8) is 0 Å². The summed E-state index contributed by atoms with van der Waals surface area (Å²) >= 11 is 0. The number of aryl methyl sites for hydroxylation is 1. The van der Waals surface area contributed by atoms with E-state index in [9.17, 15) is 9.59 Å². The Labute approximate surface area is 136 Å². The number of nitrogens with zero attached hydrogens (tertiary/aromatic N) is 2. The number of rotatable bonds is 3. The monoisotopic (exact) mass is 308 g/mol. The van der Waals surface area contributed by atoms with Crippen LogP contribution in [0.3, 0.4) is 0 Å². The number of hydrogen-bond donors (Lipinski definition) is 0. The van der Waals surface area contributed by atoms with Crippen molar-refractivity contribution in [3.8, 4) is 0 Å². The number of carbonyl (C=O) groups excluding carboxylic acids is 2. The third-order valence-corrected chi connectivity index (χ3v) is 4.23. The smallest absolute Gasteiger partial charge is 0.254 e. The van der Waals surface area contributed by atoms with E-state index in [-0.39, 0.29) is 18.4 Å². The molecule has 4 heteroatoms. The lowest BCUT2D eigenvalue weighted by molar-refractivity contribution is -0.143. The second-order valence-electron chi connectivity index (χ2n) is 5.75. The van der Waals surface area contributed by atoms with Gasteiger partial charge in [0.25, 0.3) is 5.91 Å². The van der Waals surface area contributed by atoms with Crippen molar-refractivity contribution in [1.29, 1.82) is 0 Å². The Bertz CT molecular complexity index is 710. The van der Waals surface area contributed by atoms with Crippen LogP contribution >= 0.6 is 0 Å². The van der Waals surface area contributed by atoms with Crippen molar-refractivity contribution in [2.75, 3.05) is 18.0 Å². The quantitative estimate of drug-likeness (QED) is 0.875. The number of anilines is 1. The highest BCUT2D eigenvalue weighted by atomic mass is 16.2. The summed E-state index contributed by atoms with van der Waals surface area (Å²) in [4.78, 5) is 28.8. The summed E-state index contributed by atoms with van der Waals surface area (Å²) in [5, 5.41) is 0.